The predicted octanol–water partition coefficient (Wildman–Crippen LogP) is 2.64. The molecular weight excluding hydrogens is 465 g/mol. The monoisotopic (exact) mass is 509 g/mol. The smallest absolute Gasteiger partial charge is 0.317 e. The predicted molar refractivity (Wildman–Crippen MR) is 139 cm³/mol. The van der Waals surface area contributed by atoms with Gasteiger partial charge < -0.3 is 31.3 Å². The fourth-order valence-corrected chi connectivity index (χ4v) is 3.35. The van der Waals surface area contributed by atoms with E-state index in [0.29, 0.717) is 12.5 Å². The van der Waals surface area contributed by atoms with Crippen molar-refractivity contribution in [3.8, 4) is 0 Å². The Morgan fingerprint density at radius 2 is 1.69 bits per heavy atom. The number of benzene rings is 1. The molecule has 0 heterocycles. The summed E-state index contributed by atoms with van der Waals surface area (Å²) in [5, 5.41) is 22.0. The molecule has 1 rings (SSSR count). The minimum atomic E-state index is -1.09. The second-order valence-electron chi connectivity index (χ2n) is 10.7. The van der Waals surface area contributed by atoms with Gasteiger partial charge in [-0.15, -0.1) is 0 Å². The Kier molecular flexibility index (Phi) is 12.7. The fourth-order valence-electron chi connectivity index (χ4n) is 3.35. The molecule has 0 aliphatic carbocycles. The molecule has 0 aliphatic heterocycles. The van der Waals surface area contributed by atoms with Crippen LogP contribution in [0.2, 0.25) is 0 Å². The zero-order valence-corrected chi connectivity index (χ0v) is 22.7. The first-order valence-electron chi connectivity index (χ1n) is 12.5. The van der Waals surface area contributed by atoms with Crippen LogP contribution in [-0.2, 0) is 11.2 Å². The van der Waals surface area contributed by atoms with E-state index in [2.05, 4.69) is 35.1 Å². The van der Waals surface area contributed by atoms with Crippen molar-refractivity contribution in [3.05, 3.63) is 35.6 Å². The summed E-state index contributed by atoms with van der Waals surface area (Å²) in [5.74, 6) is -0.945. The maximum atomic E-state index is 13.4. The largest absolute Gasteiger partial charge is 0.389 e. The molecule has 0 aliphatic rings. The first kappa shape index (κ1) is 31.2. The second-order valence-corrected chi connectivity index (χ2v) is 10.7. The van der Waals surface area contributed by atoms with Gasteiger partial charge in [-0.3, -0.25) is 4.79 Å². The van der Waals surface area contributed by atoms with Crippen molar-refractivity contribution in [2.45, 2.75) is 72.1 Å². The van der Waals surface area contributed by atoms with Crippen LogP contribution in [0, 0.1) is 17.7 Å². The number of carbonyl (C=O) groups excluding carboxylic acids is 3. The molecule has 0 radical (unpaired) electrons. The number of aliphatic hydroxyl groups excluding tert-OH is 1. The lowest BCUT2D eigenvalue weighted by Gasteiger charge is -2.33. The maximum absolute atomic E-state index is 13.4. The van der Waals surface area contributed by atoms with Crippen LogP contribution in [0.5, 0.6) is 0 Å². The van der Waals surface area contributed by atoms with E-state index in [9.17, 15) is 23.9 Å². The molecule has 0 aromatic heterocycles. The van der Waals surface area contributed by atoms with Gasteiger partial charge in [0.15, 0.2) is 0 Å². The minimum absolute atomic E-state index is 0.00560. The van der Waals surface area contributed by atoms with E-state index in [-0.39, 0.29) is 37.3 Å². The highest BCUT2D eigenvalue weighted by molar-refractivity contribution is 5.80. The van der Waals surface area contributed by atoms with Gasteiger partial charge in [0.05, 0.1) is 24.6 Å². The Labute approximate surface area is 214 Å². The summed E-state index contributed by atoms with van der Waals surface area (Å²) in [6.45, 7) is 12.0. The van der Waals surface area contributed by atoms with Crippen molar-refractivity contribution in [1.29, 1.82) is 0 Å². The van der Waals surface area contributed by atoms with Crippen LogP contribution >= 0.6 is 0 Å². The Morgan fingerprint density at radius 1 is 1.08 bits per heavy atom. The number of amides is 5. The van der Waals surface area contributed by atoms with E-state index in [4.69, 9.17) is 0 Å². The standard InChI is InChI=1S/C26H44FN5O4/c1-17(2)12-13-32(25(36)31-26(4,5)6)16-22(33)21(14-19-8-10-20(27)11-9-19)30-23(34)18(3)15-29-24(35)28-7/h8-11,17-18,21-22,33H,12-16H2,1-7H3,(H,30,34)(H,31,36)(H2,28,29,35)/t18-,21+,22-/m1/s1. The van der Waals surface area contributed by atoms with Crippen LogP contribution in [0.3, 0.4) is 0 Å². The number of urea groups is 2. The Hall–Kier alpha value is -2.88. The van der Waals surface area contributed by atoms with Gasteiger partial charge in [-0.1, -0.05) is 32.9 Å². The number of rotatable bonds is 12. The number of nitrogens with zero attached hydrogens (tertiary/aromatic N) is 1. The molecule has 0 spiro atoms. The van der Waals surface area contributed by atoms with Crippen molar-refractivity contribution in [3.63, 3.8) is 0 Å². The number of carbonyl (C=O) groups is 3. The number of nitrogens with one attached hydrogen (secondary N) is 4. The summed E-state index contributed by atoms with van der Waals surface area (Å²) >= 11 is 0. The molecular formula is C26H44FN5O4. The highest BCUT2D eigenvalue weighted by Gasteiger charge is 2.29. The SMILES string of the molecule is CNC(=O)NC[C@@H](C)C(=O)N[C@@H](Cc1ccc(F)cc1)[C@H](O)CN(CCC(C)C)C(=O)NC(C)(C)C. The summed E-state index contributed by atoms with van der Waals surface area (Å²) in [4.78, 5) is 38.9. The van der Waals surface area contributed by atoms with Gasteiger partial charge in [0.1, 0.15) is 5.82 Å². The molecule has 204 valence electrons. The van der Waals surface area contributed by atoms with Crippen molar-refractivity contribution in [2.75, 3.05) is 26.7 Å². The average molecular weight is 510 g/mol. The third-order valence-corrected chi connectivity index (χ3v) is 5.56. The summed E-state index contributed by atoms with van der Waals surface area (Å²) in [7, 11) is 1.48. The molecule has 36 heavy (non-hydrogen) atoms. The number of hydrogen-bond donors (Lipinski definition) is 5. The van der Waals surface area contributed by atoms with Crippen molar-refractivity contribution in [1.82, 2.24) is 26.2 Å². The summed E-state index contributed by atoms with van der Waals surface area (Å²) in [5.41, 5.74) is 0.275. The fraction of sp³-hybridized carbons (Fsp3) is 0.654. The molecule has 10 heteroatoms. The highest BCUT2D eigenvalue weighted by Crippen LogP contribution is 2.13. The molecule has 0 saturated heterocycles. The van der Waals surface area contributed by atoms with Gasteiger partial charge in [-0.05, 0) is 57.2 Å². The van der Waals surface area contributed by atoms with Crippen LogP contribution in [0.25, 0.3) is 0 Å². The molecule has 0 fully saturated rings. The van der Waals surface area contributed by atoms with E-state index in [1.165, 1.54) is 19.2 Å². The van der Waals surface area contributed by atoms with Gasteiger partial charge in [0.25, 0.3) is 0 Å². The summed E-state index contributed by atoms with van der Waals surface area (Å²) in [6, 6.07) is 4.40. The van der Waals surface area contributed by atoms with E-state index < -0.39 is 29.6 Å². The third-order valence-electron chi connectivity index (χ3n) is 5.56. The number of hydrogen-bond acceptors (Lipinski definition) is 4. The molecule has 1 aromatic rings. The van der Waals surface area contributed by atoms with Gasteiger partial charge in [0, 0.05) is 25.7 Å². The first-order chi connectivity index (χ1) is 16.7. The van der Waals surface area contributed by atoms with Crippen LogP contribution in [0.1, 0.15) is 53.5 Å². The lowest BCUT2D eigenvalue weighted by molar-refractivity contribution is -0.126. The molecule has 3 atom stereocenters. The van der Waals surface area contributed by atoms with E-state index >= 15 is 0 Å². The lowest BCUT2D eigenvalue weighted by Crippen LogP contribution is -2.55. The molecule has 0 bridgehead atoms. The van der Waals surface area contributed by atoms with Gasteiger partial charge in [-0.25, -0.2) is 14.0 Å². The van der Waals surface area contributed by atoms with Crippen LogP contribution in [0.4, 0.5) is 14.0 Å². The lowest BCUT2D eigenvalue weighted by atomic mass is 9.99. The van der Waals surface area contributed by atoms with Crippen molar-refractivity contribution < 1.29 is 23.9 Å². The van der Waals surface area contributed by atoms with Crippen molar-refractivity contribution in [2.24, 2.45) is 11.8 Å². The molecule has 0 saturated carbocycles. The number of halogens is 1. The molecule has 5 amide bonds. The Morgan fingerprint density at radius 3 is 2.22 bits per heavy atom. The van der Waals surface area contributed by atoms with E-state index in [1.807, 2.05) is 20.8 Å². The maximum Gasteiger partial charge on any atom is 0.317 e. The van der Waals surface area contributed by atoms with Gasteiger partial charge in [-0.2, -0.15) is 0 Å². The Bertz CT molecular complexity index is 842. The first-order valence-corrected chi connectivity index (χ1v) is 12.5. The molecule has 1 aromatic carbocycles. The quantitative estimate of drug-likeness (QED) is 0.297. The van der Waals surface area contributed by atoms with Gasteiger partial charge in [0.2, 0.25) is 5.91 Å². The van der Waals surface area contributed by atoms with E-state index in [0.717, 1.165) is 12.0 Å². The van der Waals surface area contributed by atoms with Gasteiger partial charge >= 0.3 is 12.1 Å². The zero-order valence-electron chi connectivity index (χ0n) is 22.7. The molecule has 9 nitrogen and oxygen atoms in total. The minimum Gasteiger partial charge on any atom is -0.389 e. The van der Waals surface area contributed by atoms with Crippen molar-refractivity contribution >= 4 is 18.0 Å². The molecule has 5 N–H and O–H groups in total. The topological polar surface area (TPSA) is 123 Å². The molecule has 0 unspecified atom stereocenters. The summed E-state index contributed by atoms with van der Waals surface area (Å²) < 4.78 is 13.4. The third kappa shape index (κ3) is 12.2. The van der Waals surface area contributed by atoms with Crippen LogP contribution in [-0.4, -0.2) is 72.3 Å². The average Bonchev–Trinajstić information content (AvgIpc) is 2.79. The second kappa shape index (κ2) is 14.6. The Balaban J connectivity index is 3.06. The van der Waals surface area contributed by atoms with Crippen LogP contribution < -0.4 is 21.3 Å². The van der Waals surface area contributed by atoms with E-state index in [1.54, 1.807) is 24.0 Å². The zero-order chi connectivity index (χ0) is 27.5. The number of aliphatic hydroxyl groups is 1. The highest BCUT2D eigenvalue weighted by atomic mass is 19.1. The summed E-state index contributed by atoms with van der Waals surface area (Å²) in [6.07, 6.45) is -0.0978. The normalized spacial score (nSPS) is 13.9. The van der Waals surface area contributed by atoms with Crippen LogP contribution in [0.15, 0.2) is 24.3 Å².